The Bertz CT molecular complexity index is 856. The average Bonchev–Trinajstić information content (AvgIpc) is 2.71. The molecule has 0 radical (unpaired) electrons. The predicted octanol–water partition coefficient (Wildman–Crippen LogP) is 6.17. The number of nitrogens with zero attached hydrogens (tertiary/aromatic N) is 1. The Balaban J connectivity index is 1.91. The van der Waals surface area contributed by atoms with Crippen molar-refractivity contribution < 1.29 is 9.47 Å². The number of rotatable bonds is 6. The maximum atomic E-state index is 6.06. The number of hydrogen-bond donors (Lipinski definition) is 0. The Morgan fingerprint density at radius 2 is 1.31 bits per heavy atom. The van der Waals surface area contributed by atoms with Gasteiger partial charge in [0.1, 0.15) is 11.5 Å². The molecule has 3 rings (SSSR count). The average molecular weight is 343 g/mol. The summed E-state index contributed by atoms with van der Waals surface area (Å²) < 4.78 is 11.9. The molecule has 130 valence electrons. The van der Waals surface area contributed by atoms with Crippen molar-refractivity contribution in [2.45, 2.75) is 13.3 Å². The highest BCUT2D eigenvalue weighted by Crippen LogP contribution is 2.19. The quantitative estimate of drug-likeness (QED) is 0.304. The first-order valence-corrected chi connectivity index (χ1v) is 8.63. The summed E-state index contributed by atoms with van der Waals surface area (Å²) in [6, 6.07) is 29.1. The lowest BCUT2D eigenvalue weighted by Gasteiger charge is -2.12. The molecule has 0 unspecified atom stereocenters. The van der Waals surface area contributed by atoms with Crippen molar-refractivity contribution in [2.24, 2.45) is 4.99 Å². The van der Waals surface area contributed by atoms with Crippen LogP contribution in [0.1, 0.15) is 13.3 Å². The van der Waals surface area contributed by atoms with E-state index in [0.29, 0.717) is 5.90 Å². The summed E-state index contributed by atoms with van der Waals surface area (Å²) in [5.41, 5.74) is 1.71. The number of aliphatic imine (C=N–C) groups is 1. The Hall–Kier alpha value is -3.33. The first kappa shape index (κ1) is 17.5. The summed E-state index contributed by atoms with van der Waals surface area (Å²) in [5, 5.41) is 0. The summed E-state index contributed by atoms with van der Waals surface area (Å²) in [6.45, 7) is 2.05. The van der Waals surface area contributed by atoms with E-state index in [1.165, 1.54) is 0 Å². The van der Waals surface area contributed by atoms with Crippen LogP contribution in [0.5, 0.6) is 11.5 Å². The van der Waals surface area contributed by atoms with Gasteiger partial charge in [-0.15, -0.1) is 0 Å². The second-order valence-electron chi connectivity index (χ2n) is 5.60. The third-order valence-electron chi connectivity index (χ3n) is 3.68. The monoisotopic (exact) mass is 343 g/mol. The van der Waals surface area contributed by atoms with Crippen LogP contribution in [-0.4, -0.2) is 5.90 Å². The van der Waals surface area contributed by atoms with Gasteiger partial charge in [0, 0.05) is 5.57 Å². The van der Waals surface area contributed by atoms with Gasteiger partial charge in [-0.2, -0.15) is 0 Å². The molecular weight excluding hydrogens is 322 g/mol. The zero-order chi connectivity index (χ0) is 18.0. The molecule has 0 atom stereocenters. The zero-order valence-corrected chi connectivity index (χ0v) is 14.7. The normalized spacial score (nSPS) is 11.9. The minimum absolute atomic E-state index is 0.529. The standard InChI is InChI=1S/C23H21NO2/c1-2-19(18-25-21-14-8-4-9-15-21)23(24-20-12-6-3-7-13-20)26-22-16-10-5-11-17-22/h3-18H,2H2,1H3/b19-18+,24-23?. The second-order valence-corrected chi connectivity index (χ2v) is 5.60. The van der Waals surface area contributed by atoms with Crippen molar-refractivity contribution >= 4 is 11.6 Å². The fraction of sp³-hybridized carbons (Fsp3) is 0.0870. The Labute approximate surface area is 154 Å². The van der Waals surface area contributed by atoms with Crippen LogP contribution in [0.25, 0.3) is 0 Å². The highest BCUT2D eigenvalue weighted by atomic mass is 16.5. The first-order valence-electron chi connectivity index (χ1n) is 8.63. The van der Waals surface area contributed by atoms with Crippen molar-refractivity contribution in [3.05, 3.63) is 103 Å². The summed E-state index contributed by atoms with van der Waals surface area (Å²) in [6.07, 6.45) is 2.44. The van der Waals surface area contributed by atoms with Crippen molar-refractivity contribution in [3.63, 3.8) is 0 Å². The van der Waals surface area contributed by atoms with Crippen LogP contribution in [0.2, 0.25) is 0 Å². The van der Waals surface area contributed by atoms with Gasteiger partial charge in [-0.3, -0.25) is 0 Å². The third-order valence-corrected chi connectivity index (χ3v) is 3.68. The minimum Gasteiger partial charge on any atom is -0.465 e. The van der Waals surface area contributed by atoms with Crippen LogP contribution >= 0.6 is 0 Å². The molecule has 0 N–H and O–H groups in total. The molecule has 0 bridgehead atoms. The molecule has 3 heteroatoms. The number of para-hydroxylation sites is 3. The molecule has 0 amide bonds. The molecule has 0 spiro atoms. The Morgan fingerprint density at radius 1 is 0.769 bits per heavy atom. The van der Waals surface area contributed by atoms with Crippen LogP contribution in [0.3, 0.4) is 0 Å². The number of ether oxygens (including phenoxy) is 2. The minimum atomic E-state index is 0.529. The SMILES string of the molecule is CC/C(=C\Oc1ccccc1)C(=Nc1ccccc1)Oc1ccccc1. The fourth-order valence-corrected chi connectivity index (χ4v) is 2.30. The largest absolute Gasteiger partial charge is 0.465 e. The first-order chi connectivity index (χ1) is 12.8. The van der Waals surface area contributed by atoms with E-state index in [1.807, 2.05) is 91.0 Å². The summed E-state index contributed by atoms with van der Waals surface area (Å²) in [7, 11) is 0. The summed E-state index contributed by atoms with van der Waals surface area (Å²) >= 11 is 0. The molecule has 0 heterocycles. The van der Waals surface area contributed by atoms with Gasteiger partial charge in [0.25, 0.3) is 0 Å². The lowest BCUT2D eigenvalue weighted by Crippen LogP contribution is -2.12. The molecule has 0 aromatic heterocycles. The van der Waals surface area contributed by atoms with Crippen molar-refractivity contribution in [1.82, 2.24) is 0 Å². The van der Waals surface area contributed by atoms with E-state index in [2.05, 4.69) is 11.9 Å². The van der Waals surface area contributed by atoms with E-state index < -0.39 is 0 Å². The highest BCUT2D eigenvalue weighted by molar-refractivity contribution is 5.96. The van der Waals surface area contributed by atoms with Gasteiger partial charge in [-0.1, -0.05) is 61.5 Å². The van der Waals surface area contributed by atoms with E-state index in [0.717, 1.165) is 29.2 Å². The molecule has 3 nitrogen and oxygen atoms in total. The molecule has 0 fully saturated rings. The fourth-order valence-electron chi connectivity index (χ4n) is 2.30. The molecule has 26 heavy (non-hydrogen) atoms. The van der Waals surface area contributed by atoms with Crippen molar-refractivity contribution in [2.75, 3.05) is 0 Å². The van der Waals surface area contributed by atoms with E-state index in [9.17, 15) is 0 Å². The molecule has 0 aliphatic carbocycles. The maximum absolute atomic E-state index is 6.06. The zero-order valence-electron chi connectivity index (χ0n) is 14.7. The molecule has 0 saturated carbocycles. The van der Waals surface area contributed by atoms with Gasteiger partial charge in [-0.05, 0) is 42.8 Å². The van der Waals surface area contributed by atoms with Crippen LogP contribution in [0.4, 0.5) is 5.69 Å². The predicted molar refractivity (Wildman–Crippen MR) is 106 cm³/mol. The van der Waals surface area contributed by atoms with Crippen LogP contribution in [0.15, 0.2) is 108 Å². The lowest BCUT2D eigenvalue weighted by atomic mass is 10.2. The van der Waals surface area contributed by atoms with Gasteiger partial charge >= 0.3 is 0 Å². The lowest BCUT2D eigenvalue weighted by molar-refractivity contribution is 0.471. The van der Waals surface area contributed by atoms with E-state index in [-0.39, 0.29) is 0 Å². The highest BCUT2D eigenvalue weighted by Gasteiger charge is 2.10. The molecular formula is C23H21NO2. The van der Waals surface area contributed by atoms with E-state index in [4.69, 9.17) is 9.47 Å². The van der Waals surface area contributed by atoms with E-state index in [1.54, 1.807) is 6.26 Å². The molecule has 0 saturated heterocycles. The molecule has 3 aromatic rings. The molecule has 0 aliphatic heterocycles. The molecule has 0 aliphatic rings. The van der Waals surface area contributed by atoms with Gasteiger partial charge in [0.05, 0.1) is 11.9 Å². The van der Waals surface area contributed by atoms with Crippen molar-refractivity contribution in [1.29, 1.82) is 0 Å². The van der Waals surface area contributed by atoms with Crippen LogP contribution in [-0.2, 0) is 0 Å². The third kappa shape index (κ3) is 5.08. The van der Waals surface area contributed by atoms with Crippen molar-refractivity contribution in [3.8, 4) is 11.5 Å². The van der Waals surface area contributed by atoms with Gasteiger partial charge in [0.2, 0.25) is 5.90 Å². The smallest absolute Gasteiger partial charge is 0.226 e. The Kier molecular flexibility index (Phi) is 6.21. The van der Waals surface area contributed by atoms with Crippen LogP contribution < -0.4 is 9.47 Å². The number of hydrogen-bond acceptors (Lipinski definition) is 3. The Morgan fingerprint density at radius 3 is 1.88 bits per heavy atom. The van der Waals surface area contributed by atoms with Crippen LogP contribution in [0, 0.1) is 0 Å². The van der Waals surface area contributed by atoms with E-state index >= 15 is 0 Å². The second kappa shape index (κ2) is 9.23. The summed E-state index contributed by atoms with van der Waals surface area (Å²) in [4.78, 5) is 4.68. The summed E-state index contributed by atoms with van der Waals surface area (Å²) in [5.74, 6) is 2.04. The van der Waals surface area contributed by atoms with Gasteiger partial charge in [0.15, 0.2) is 0 Å². The molecule has 3 aromatic carbocycles. The topological polar surface area (TPSA) is 30.8 Å². The maximum Gasteiger partial charge on any atom is 0.226 e. The van der Waals surface area contributed by atoms with Gasteiger partial charge < -0.3 is 9.47 Å². The van der Waals surface area contributed by atoms with Gasteiger partial charge in [-0.25, -0.2) is 4.99 Å². The number of benzene rings is 3.